The second-order valence-electron chi connectivity index (χ2n) is 13.6. The molecule has 2 aliphatic carbocycles. The lowest BCUT2D eigenvalue weighted by atomic mass is 9.64. The summed E-state index contributed by atoms with van der Waals surface area (Å²) in [5.74, 6) is 3.24. The monoisotopic (exact) mass is 555 g/mol. The van der Waals surface area contributed by atoms with Gasteiger partial charge in [0.25, 0.3) is 0 Å². The zero-order chi connectivity index (χ0) is 28.0. The number of Topliss-reactive ketones (excluding diaryl/α,β-unsaturated/α-hetero) is 1. The van der Waals surface area contributed by atoms with E-state index in [1.807, 2.05) is 0 Å². The molecule has 9 heteroatoms. The van der Waals surface area contributed by atoms with E-state index in [1.54, 1.807) is 0 Å². The molecular formula is C32H41N7O2. The van der Waals surface area contributed by atoms with Gasteiger partial charge in [0.1, 0.15) is 17.3 Å². The lowest BCUT2D eigenvalue weighted by Gasteiger charge is -2.42. The number of hydrogen-bond donors (Lipinski definition) is 0. The van der Waals surface area contributed by atoms with Crippen LogP contribution < -0.4 is 4.90 Å². The standard InChI is InChI=1S/C32H41N7O2/c1-18-12-13-22-19(2)26-25-30(38(22)17-18)33-29(34-31(25)39(35-26)20(3)23-10-8-16-37(23)4)27-21-9-7-15-32(28(21)41-36-27)14-6-5-11-24(32)40/h18,20,22-23H,2,5-17H2,1,3-4H3/t18-,20-,22+,23-,32+/m0/s1. The number of carbonyl (C=O) groups is 1. The average molecular weight is 556 g/mol. The van der Waals surface area contributed by atoms with Gasteiger partial charge in [0, 0.05) is 24.6 Å². The van der Waals surface area contributed by atoms with Gasteiger partial charge in [-0.3, -0.25) is 4.79 Å². The van der Waals surface area contributed by atoms with E-state index in [4.69, 9.17) is 19.6 Å². The van der Waals surface area contributed by atoms with Gasteiger partial charge >= 0.3 is 0 Å². The van der Waals surface area contributed by atoms with Gasteiger partial charge in [-0.15, -0.1) is 0 Å². The molecule has 5 atom stereocenters. The number of aromatic nitrogens is 5. The summed E-state index contributed by atoms with van der Waals surface area (Å²) in [7, 11) is 2.22. The van der Waals surface area contributed by atoms with Gasteiger partial charge in [0.05, 0.1) is 22.9 Å². The van der Waals surface area contributed by atoms with Crippen molar-refractivity contribution in [2.24, 2.45) is 5.92 Å². The van der Waals surface area contributed by atoms with E-state index in [9.17, 15) is 4.79 Å². The summed E-state index contributed by atoms with van der Waals surface area (Å²) >= 11 is 0. The van der Waals surface area contributed by atoms with E-state index >= 15 is 0 Å². The van der Waals surface area contributed by atoms with Crippen LogP contribution in [0.1, 0.15) is 101 Å². The predicted molar refractivity (Wildman–Crippen MR) is 158 cm³/mol. The number of likely N-dealkylation sites (tertiary alicyclic amines) is 1. The second-order valence-corrected chi connectivity index (χ2v) is 13.6. The Hall–Kier alpha value is -3.07. The van der Waals surface area contributed by atoms with Crippen LogP contribution in [0.25, 0.3) is 28.1 Å². The Morgan fingerprint density at radius 2 is 1.90 bits per heavy atom. The van der Waals surface area contributed by atoms with Crippen LogP contribution in [-0.4, -0.2) is 67.8 Å². The summed E-state index contributed by atoms with van der Waals surface area (Å²) in [5.41, 5.74) is 4.14. The average Bonchev–Trinajstić information content (AvgIpc) is 3.70. The molecule has 0 radical (unpaired) electrons. The van der Waals surface area contributed by atoms with Crippen molar-refractivity contribution in [2.45, 2.75) is 108 Å². The minimum absolute atomic E-state index is 0.158. The minimum Gasteiger partial charge on any atom is -0.359 e. The first-order valence-corrected chi connectivity index (χ1v) is 15.9. The Bertz CT molecular complexity index is 1570. The fraction of sp³-hybridized carbons (Fsp3) is 0.656. The molecule has 3 fully saturated rings. The molecule has 6 heterocycles. The van der Waals surface area contributed by atoms with Crippen LogP contribution in [0.15, 0.2) is 11.1 Å². The molecule has 2 saturated heterocycles. The van der Waals surface area contributed by atoms with E-state index in [1.165, 1.54) is 12.8 Å². The summed E-state index contributed by atoms with van der Waals surface area (Å²) in [6, 6.07) is 0.763. The number of likely N-dealkylation sites (N-methyl/N-ethyl adjacent to an activating group) is 1. The van der Waals surface area contributed by atoms with Crippen molar-refractivity contribution in [3.63, 3.8) is 0 Å². The Kier molecular flexibility index (Phi) is 5.76. The van der Waals surface area contributed by atoms with Crippen molar-refractivity contribution in [3.8, 4) is 11.5 Å². The number of anilines is 1. The summed E-state index contributed by atoms with van der Waals surface area (Å²) in [6.45, 7) is 11.2. The van der Waals surface area contributed by atoms with E-state index in [0.29, 0.717) is 35.7 Å². The fourth-order valence-electron chi connectivity index (χ4n) is 8.83. The number of carbonyl (C=O) groups excluding carboxylic acids is 1. The zero-order valence-corrected chi connectivity index (χ0v) is 24.7. The van der Waals surface area contributed by atoms with E-state index in [2.05, 4.69) is 47.1 Å². The van der Waals surface area contributed by atoms with Gasteiger partial charge in [-0.1, -0.05) is 25.1 Å². The normalized spacial score (nSPS) is 30.7. The highest BCUT2D eigenvalue weighted by molar-refractivity contribution is 6.02. The number of nitrogens with zero attached hydrogens (tertiary/aromatic N) is 7. The van der Waals surface area contributed by atoms with Crippen LogP contribution in [0.4, 0.5) is 5.82 Å². The molecule has 0 amide bonds. The maximum atomic E-state index is 13.3. The lowest BCUT2D eigenvalue weighted by molar-refractivity contribution is -0.128. The molecule has 0 aromatic carbocycles. The van der Waals surface area contributed by atoms with E-state index < -0.39 is 5.41 Å². The van der Waals surface area contributed by atoms with Crippen LogP contribution in [0.5, 0.6) is 0 Å². The second kappa shape index (κ2) is 9.21. The summed E-state index contributed by atoms with van der Waals surface area (Å²) in [5, 5.41) is 10.9. The van der Waals surface area contributed by atoms with Crippen molar-refractivity contribution < 1.29 is 9.32 Å². The molecule has 216 valence electrons. The molecule has 3 aromatic rings. The molecule has 0 N–H and O–H groups in total. The third kappa shape index (κ3) is 3.60. The third-order valence-electron chi connectivity index (χ3n) is 11.1. The minimum atomic E-state index is -0.517. The van der Waals surface area contributed by atoms with Crippen molar-refractivity contribution in [2.75, 3.05) is 25.0 Å². The van der Waals surface area contributed by atoms with Crippen LogP contribution in [-0.2, 0) is 16.6 Å². The highest BCUT2D eigenvalue weighted by Crippen LogP contribution is 2.49. The van der Waals surface area contributed by atoms with Crippen molar-refractivity contribution in [3.05, 3.63) is 23.6 Å². The molecule has 0 bridgehead atoms. The van der Waals surface area contributed by atoms with Gasteiger partial charge < -0.3 is 14.3 Å². The number of fused-ring (bicyclic) bond motifs is 4. The quantitative estimate of drug-likeness (QED) is 0.419. The molecule has 1 saturated carbocycles. The smallest absolute Gasteiger partial charge is 0.186 e. The Balaban J connectivity index is 1.33. The SMILES string of the molecule is C=C1c2nn([C@@H](C)[C@@H]3CCCN3C)c3nc(-c4noc5c4CCC[C@@]54CCCCC4=O)nc(c23)N2C[C@@H](C)CC[C@H]12. The summed E-state index contributed by atoms with van der Waals surface area (Å²) in [4.78, 5) is 28.7. The van der Waals surface area contributed by atoms with Crippen molar-refractivity contribution in [1.82, 2.24) is 29.8 Å². The van der Waals surface area contributed by atoms with Gasteiger partial charge in [-0.2, -0.15) is 5.10 Å². The van der Waals surface area contributed by atoms with Crippen LogP contribution in [0.3, 0.4) is 0 Å². The number of hydrogen-bond acceptors (Lipinski definition) is 8. The van der Waals surface area contributed by atoms with E-state index in [-0.39, 0.29) is 12.1 Å². The first-order chi connectivity index (χ1) is 19.9. The zero-order valence-electron chi connectivity index (χ0n) is 24.7. The molecule has 0 unspecified atom stereocenters. The maximum absolute atomic E-state index is 13.3. The first-order valence-electron chi connectivity index (χ1n) is 15.9. The maximum Gasteiger partial charge on any atom is 0.186 e. The van der Waals surface area contributed by atoms with Crippen molar-refractivity contribution >= 4 is 28.2 Å². The molecule has 3 aliphatic heterocycles. The lowest BCUT2D eigenvalue weighted by Crippen LogP contribution is -2.45. The van der Waals surface area contributed by atoms with E-state index in [0.717, 1.165) is 104 Å². The topological polar surface area (TPSA) is 93.2 Å². The van der Waals surface area contributed by atoms with Crippen LogP contribution >= 0.6 is 0 Å². The van der Waals surface area contributed by atoms with Gasteiger partial charge in [0.15, 0.2) is 22.9 Å². The Morgan fingerprint density at radius 3 is 2.71 bits per heavy atom. The largest absolute Gasteiger partial charge is 0.359 e. The molecular weight excluding hydrogens is 514 g/mol. The Labute approximate surface area is 241 Å². The molecule has 3 aromatic heterocycles. The van der Waals surface area contributed by atoms with Crippen LogP contribution in [0, 0.1) is 5.92 Å². The number of rotatable bonds is 3. The molecule has 9 nitrogen and oxygen atoms in total. The molecule has 1 spiro atoms. The molecule has 5 aliphatic rings. The Morgan fingerprint density at radius 1 is 1.05 bits per heavy atom. The van der Waals surface area contributed by atoms with Crippen molar-refractivity contribution in [1.29, 1.82) is 0 Å². The molecule has 8 rings (SSSR count). The highest BCUT2D eigenvalue weighted by atomic mass is 16.5. The first kappa shape index (κ1) is 25.6. The predicted octanol–water partition coefficient (Wildman–Crippen LogP) is 5.49. The number of piperidine rings is 1. The van der Waals surface area contributed by atoms with Gasteiger partial charge in [0.2, 0.25) is 0 Å². The number of ketones is 1. The highest BCUT2D eigenvalue weighted by Gasteiger charge is 2.49. The van der Waals surface area contributed by atoms with Gasteiger partial charge in [-0.05, 0) is 89.8 Å². The third-order valence-corrected chi connectivity index (χ3v) is 11.1. The summed E-state index contributed by atoms with van der Waals surface area (Å²) < 4.78 is 8.27. The summed E-state index contributed by atoms with van der Waals surface area (Å²) in [6.07, 6.45) is 10.8. The van der Waals surface area contributed by atoms with Crippen LogP contribution in [0.2, 0.25) is 0 Å². The van der Waals surface area contributed by atoms with Gasteiger partial charge in [-0.25, -0.2) is 14.6 Å². The fourth-order valence-corrected chi connectivity index (χ4v) is 8.83. The molecule has 41 heavy (non-hydrogen) atoms.